The lowest BCUT2D eigenvalue weighted by Gasteiger charge is -2.13. The highest BCUT2D eigenvalue weighted by molar-refractivity contribution is 7.86. The van der Waals surface area contributed by atoms with Crippen LogP contribution in [-0.4, -0.2) is 13.0 Å². The third kappa shape index (κ3) is 9.23. The molecule has 0 saturated heterocycles. The van der Waals surface area contributed by atoms with Gasteiger partial charge in [0.2, 0.25) is 0 Å². The van der Waals surface area contributed by atoms with Crippen LogP contribution < -0.4 is 0 Å². The monoisotopic (exact) mass is 460 g/mol. The molecule has 0 atom stereocenters. The summed E-state index contributed by atoms with van der Waals surface area (Å²) in [5, 5.41) is 1.64. The molecule has 2 aromatic carbocycles. The van der Waals surface area contributed by atoms with Crippen LogP contribution in [0.1, 0.15) is 115 Å². The number of hydrogen-bond acceptors (Lipinski definition) is 2. The molecule has 0 aromatic heterocycles. The molecule has 0 radical (unpaired) electrons. The molecule has 4 heteroatoms. The van der Waals surface area contributed by atoms with Gasteiger partial charge in [-0.3, -0.25) is 4.55 Å². The summed E-state index contributed by atoms with van der Waals surface area (Å²) in [6, 6.07) is 9.71. The maximum Gasteiger partial charge on any atom is 0.295 e. The van der Waals surface area contributed by atoms with Crippen LogP contribution in [0.3, 0.4) is 0 Å². The van der Waals surface area contributed by atoms with E-state index in [-0.39, 0.29) is 4.90 Å². The molecule has 0 aliphatic heterocycles. The first-order valence-electron chi connectivity index (χ1n) is 13.0. The molecule has 0 aliphatic carbocycles. The number of hydrogen-bond donors (Lipinski definition) is 1. The van der Waals surface area contributed by atoms with E-state index >= 15 is 0 Å². The van der Waals surface area contributed by atoms with Crippen LogP contribution in [0.2, 0.25) is 0 Å². The van der Waals surface area contributed by atoms with E-state index in [0.717, 1.165) is 36.6 Å². The Bertz CT molecular complexity index is 902. The van der Waals surface area contributed by atoms with Crippen LogP contribution in [0, 0.1) is 0 Å². The van der Waals surface area contributed by atoms with Gasteiger partial charge in [0.05, 0.1) is 0 Å². The molecule has 2 rings (SSSR count). The van der Waals surface area contributed by atoms with Gasteiger partial charge in [0.15, 0.2) is 0 Å². The van der Waals surface area contributed by atoms with Gasteiger partial charge in [0.1, 0.15) is 4.90 Å². The molecular weight excluding hydrogens is 416 g/mol. The molecule has 0 bridgehead atoms. The molecule has 0 heterocycles. The molecule has 0 spiro atoms. The molecule has 180 valence electrons. The van der Waals surface area contributed by atoms with Crippen molar-refractivity contribution in [3.05, 3.63) is 41.5 Å². The van der Waals surface area contributed by atoms with E-state index in [2.05, 4.69) is 26.0 Å². The molecule has 2 aromatic rings. The van der Waals surface area contributed by atoms with Crippen LogP contribution in [0.4, 0.5) is 0 Å². The Morgan fingerprint density at radius 3 is 1.75 bits per heavy atom. The highest BCUT2D eigenvalue weighted by Gasteiger charge is 2.17. The number of unbranched alkanes of at least 4 members (excludes halogenated alkanes) is 12. The van der Waals surface area contributed by atoms with E-state index < -0.39 is 10.1 Å². The summed E-state index contributed by atoms with van der Waals surface area (Å²) in [6.45, 7) is 4.47. The molecule has 0 unspecified atom stereocenters. The summed E-state index contributed by atoms with van der Waals surface area (Å²) in [5.41, 5.74) is 2.22. The molecule has 0 saturated carbocycles. The lowest BCUT2D eigenvalue weighted by Crippen LogP contribution is -2.02. The van der Waals surface area contributed by atoms with Crippen molar-refractivity contribution in [1.29, 1.82) is 0 Å². The highest BCUT2D eigenvalue weighted by Crippen LogP contribution is 2.29. The standard InChI is InChI=1S/C28H44O3S/c1-3-5-7-9-11-13-15-18-24-22-27-25(19-16-14-12-10-8-6-4-2)20-17-21-26(27)28(23-24)32(29,30)31/h17,20-23H,3-16,18-19H2,1-2H3,(H,29,30,31). The zero-order valence-corrected chi connectivity index (χ0v) is 21.2. The quantitative estimate of drug-likeness (QED) is 0.190. The predicted molar refractivity (Wildman–Crippen MR) is 137 cm³/mol. The summed E-state index contributed by atoms with van der Waals surface area (Å²) < 4.78 is 34.1. The molecule has 3 nitrogen and oxygen atoms in total. The fraction of sp³-hybridized carbons (Fsp3) is 0.643. The van der Waals surface area contributed by atoms with Crippen LogP contribution in [-0.2, 0) is 23.0 Å². The Morgan fingerprint density at radius 1 is 0.656 bits per heavy atom. The van der Waals surface area contributed by atoms with Crippen LogP contribution in [0.15, 0.2) is 35.2 Å². The van der Waals surface area contributed by atoms with Gasteiger partial charge in [-0.1, -0.05) is 115 Å². The number of aryl methyl sites for hydroxylation is 2. The van der Waals surface area contributed by atoms with Crippen molar-refractivity contribution in [2.45, 2.75) is 121 Å². The summed E-state index contributed by atoms with van der Waals surface area (Å²) in [5.74, 6) is 0. The van der Waals surface area contributed by atoms with Crippen molar-refractivity contribution >= 4 is 20.9 Å². The minimum absolute atomic E-state index is 0.0642. The SMILES string of the molecule is CCCCCCCCCc1cc(S(=O)(=O)O)c2cccc(CCCCCCCCC)c2c1. The van der Waals surface area contributed by atoms with Crippen molar-refractivity contribution in [1.82, 2.24) is 0 Å². The lowest BCUT2D eigenvalue weighted by molar-refractivity contribution is 0.484. The predicted octanol–water partition coefficient (Wildman–Crippen LogP) is 8.67. The average Bonchev–Trinajstić information content (AvgIpc) is 2.77. The van der Waals surface area contributed by atoms with Crippen LogP contribution >= 0.6 is 0 Å². The van der Waals surface area contributed by atoms with Crippen LogP contribution in [0.5, 0.6) is 0 Å². The topological polar surface area (TPSA) is 54.4 Å². The minimum atomic E-state index is -4.25. The lowest BCUT2D eigenvalue weighted by atomic mass is 9.96. The normalized spacial score (nSPS) is 12.0. The van der Waals surface area contributed by atoms with Crippen molar-refractivity contribution in [3.63, 3.8) is 0 Å². The van der Waals surface area contributed by atoms with Gasteiger partial charge in [-0.2, -0.15) is 8.42 Å². The summed E-state index contributed by atoms with van der Waals surface area (Å²) in [4.78, 5) is 0.0642. The summed E-state index contributed by atoms with van der Waals surface area (Å²) in [6.07, 6.45) is 19.3. The van der Waals surface area contributed by atoms with Gasteiger partial charge in [-0.15, -0.1) is 0 Å². The molecule has 0 aliphatic rings. The Hall–Kier alpha value is -1.39. The molecule has 1 N–H and O–H groups in total. The smallest absolute Gasteiger partial charge is 0.282 e. The first-order chi connectivity index (χ1) is 15.5. The van der Waals surface area contributed by atoms with Crippen LogP contribution in [0.25, 0.3) is 10.8 Å². The maximum absolute atomic E-state index is 12.1. The molecule has 0 fully saturated rings. The molecule has 32 heavy (non-hydrogen) atoms. The number of rotatable bonds is 17. The van der Waals surface area contributed by atoms with Crippen molar-refractivity contribution in [3.8, 4) is 0 Å². The maximum atomic E-state index is 12.1. The Balaban J connectivity index is 2.07. The Labute approximate surface area is 196 Å². The van der Waals surface area contributed by atoms with Gasteiger partial charge < -0.3 is 0 Å². The first-order valence-corrected chi connectivity index (χ1v) is 14.4. The third-order valence-electron chi connectivity index (χ3n) is 6.50. The van der Waals surface area contributed by atoms with E-state index in [1.54, 1.807) is 6.07 Å². The fourth-order valence-electron chi connectivity index (χ4n) is 4.61. The van der Waals surface area contributed by atoms with Gasteiger partial charge in [0.25, 0.3) is 10.1 Å². The van der Waals surface area contributed by atoms with Gasteiger partial charge in [-0.05, 0) is 48.3 Å². The second kappa shape index (κ2) is 14.7. The fourth-order valence-corrected chi connectivity index (χ4v) is 5.36. The number of fused-ring (bicyclic) bond motifs is 1. The number of benzene rings is 2. The zero-order chi connectivity index (χ0) is 23.2. The van der Waals surface area contributed by atoms with Crippen molar-refractivity contribution < 1.29 is 13.0 Å². The van der Waals surface area contributed by atoms with Crippen molar-refractivity contribution in [2.75, 3.05) is 0 Å². The zero-order valence-electron chi connectivity index (χ0n) is 20.4. The highest BCUT2D eigenvalue weighted by atomic mass is 32.2. The average molecular weight is 461 g/mol. The third-order valence-corrected chi connectivity index (χ3v) is 7.40. The Morgan fingerprint density at radius 2 is 1.19 bits per heavy atom. The second-order valence-corrected chi connectivity index (χ2v) is 10.7. The Kier molecular flexibility index (Phi) is 12.3. The minimum Gasteiger partial charge on any atom is -0.282 e. The van der Waals surface area contributed by atoms with Crippen molar-refractivity contribution in [2.24, 2.45) is 0 Å². The summed E-state index contributed by atoms with van der Waals surface area (Å²) in [7, 11) is -4.25. The second-order valence-electron chi connectivity index (χ2n) is 9.32. The molecular formula is C28H44O3S. The van der Waals surface area contributed by atoms with E-state index in [4.69, 9.17) is 0 Å². The van der Waals surface area contributed by atoms with E-state index in [1.807, 2.05) is 12.1 Å². The summed E-state index contributed by atoms with van der Waals surface area (Å²) >= 11 is 0. The van der Waals surface area contributed by atoms with E-state index in [0.29, 0.717) is 5.39 Å². The van der Waals surface area contributed by atoms with Gasteiger partial charge in [-0.25, -0.2) is 0 Å². The largest absolute Gasteiger partial charge is 0.295 e. The van der Waals surface area contributed by atoms with Gasteiger partial charge >= 0.3 is 0 Å². The van der Waals surface area contributed by atoms with Gasteiger partial charge in [0, 0.05) is 5.39 Å². The van der Waals surface area contributed by atoms with E-state index in [9.17, 15) is 13.0 Å². The molecule has 0 amide bonds. The first kappa shape index (κ1) is 26.9. The van der Waals surface area contributed by atoms with E-state index in [1.165, 1.54) is 82.6 Å².